The Bertz CT molecular complexity index is 256. The van der Waals surface area contributed by atoms with Gasteiger partial charge < -0.3 is 9.69 Å². The second-order valence-corrected chi connectivity index (χ2v) is 7.17. The van der Waals surface area contributed by atoms with Gasteiger partial charge >= 0.3 is 0 Å². The fraction of sp³-hybridized carbons (Fsp3) is 1.00. The molecule has 0 aromatic carbocycles. The lowest BCUT2D eigenvalue weighted by Crippen LogP contribution is -2.67. The molecule has 0 aromatic heterocycles. The van der Waals surface area contributed by atoms with Gasteiger partial charge in [-0.25, -0.2) is 0 Å². The van der Waals surface area contributed by atoms with Crippen LogP contribution in [0.1, 0.15) is 61.3 Å². The van der Waals surface area contributed by atoms with Crippen molar-refractivity contribution < 1.29 is 9.69 Å². The molecule has 3 nitrogen and oxygen atoms in total. The number of hydrogen-bond acceptors (Lipinski definition) is 2. The second-order valence-electron chi connectivity index (χ2n) is 7.17. The van der Waals surface area contributed by atoms with Gasteiger partial charge in [0.2, 0.25) is 0 Å². The maximum Gasteiger partial charge on any atom is 0.0927 e. The molecule has 0 unspecified atom stereocenters. The van der Waals surface area contributed by atoms with Crippen LogP contribution < -0.4 is 0 Å². The zero-order valence-electron chi connectivity index (χ0n) is 13.5. The summed E-state index contributed by atoms with van der Waals surface area (Å²) in [6.45, 7) is 19.1. The van der Waals surface area contributed by atoms with E-state index in [0.717, 1.165) is 12.8 Å². The first-order chi connectivity index (χ1) is 8.15. The van der Waals surface area contributed by atoms with Gasteiger partial charge in [0.05, 0.1) is 25.7 Å². The molecule has 0 bridgehead atoms. The quantitative estimate of drug-likeness (QED) is 0.781. The van der Waals surface area contributed by atoms with Crippen molar-refractivity contribution in [3.8, 4) is 0 Å². The first-order valence-electron chi connectivity index (χ1n) is 7.50. The number of piperidine rings is 1. The summed E-state index contributed by atoms with van der Waals surface area (Å²) < 4.78 is 1.18. The molecule has 0 aliphatic carbocycles. The average Bonchev–Trinajstić information content (AvgIpc) is 2.28. The van der Waals surface area contributed by atoms with Crippen LogP contribution in [0.25, 0.3) is 0 Å². The largest absolute Gasteiger partial charge is 0.322 e. The number of quaternary nitrogens is 1. The van der Waals surface area contributed by atoms with Gasteiger partial charge in [0.15, 0.2) is 0 Å². The van der Waals surface area contributed by atoms with Gasteiger partial charge in [0.1, 0.15) is 0 Å². The molecule has 1 fully saturated rings. The Morgan fingerprint density at radius 2 is 1.28 bits per heavy atom. The number of hydrogen-bond donors (Lipinski definition) is 1. The molecule has 0 amide bonds. The Balaban J connectivity index is 3.05. The summed E-state index contributed by atoms with van der Waals surface area (Å²) in [7, 11) is 0. The molecule has 1 aliphatic rings. The Labute approximate surface area is 113 Å². The molecular weight excluding hydrogens is 224 g/mol. The lowest BCUT2D eigenvalue weighted by molar-refractivity contribution is -0.949. The summed E-state index contributed by atoms with van der Waals surface area (Å²) in [6.07, 6.45) is 2.14. The van der Waals surface area contributed by atoms with Crippen molar-refractivity contribution >= 4 is 0 Å². The van der Waals surface area contributed by atoms with Gasteiger partial charge in [-0.05, 0) is 48.5 Å². The fourth-order valence-corrected chi connectivity index (χ4v) is 4.05. The van der Waals surface area contributed by atoms with E-state index in [-0.39, 0.29) is 11.1 Å². The predicted octanol–water partition coefficient (Wildman–Crippen LogP) is 3.27. The highest BCUT2D eigenvalue weighted by molar-refractivity contribution is 4.96. The Kier molecular flexibility index (Phi) is 4.52. The van der Waals surface area contributed by atoms with E-state index in [2.05, 4.69) is 48.5 Å². The molecule has 1 heterocycles. The second kappa shape index (κ2) is 5.10. The Hall–Kier alpha value is -0.120. The van der Waals surface area contributed by atoms with Crippen LogP contribution >= 0.6 is 0 Å². The summed E-state index contributed by atoms with van der Waals surface area (Å²) >= 11 is 0. The molecule has 3 heteroatoms. The summed E-state index contributed by atoms with van der Waals surface area (Å²) in [5.41, 5.74) is -0.259. The Morgan fingerprint density at radius 1 is 0.944 bits per heavy atom. The van der Waals surface area contributed by atoms with Crippen LogP contribution in [-0.2, 0) is 0 Å². The van der Waals surface area contributed by atoms with E-state index in [4.69, 9.17) is 0 Å². The van der Waals surface area contributed by atoms with E-state index in [0.29, 0.717) is 6.04 Å². The summed E-state index contributed by atoms with van der Waals surface area (Å²) in [4.78, 5) is 0. The summed E-state index contributed by atoms with van der Waals surface area (Å²) in [6, 6.07) is 0.651. The standard InChI is InChI=1S/C15H33N2O/c1-8-17(9-2,10-3)13-11-14(4,5)16(18)15(6,7)12-13/h13,18H,8-12H2,1-7H3/q+1. The van der Waals surface area contributed by atoms with Gasteiger partial charge in [0, 0.05) is 23.9 Å². The van der Waals surface area contributed by atoms with Gasteiger partial charge in [-0.2, -0.15) is 5.06 Å². The average molecular weight is 257 g/mol. The molecule has 18 heavy (non-hydrogen) atoms. The van der Waals surface area contributed by atoms with Crippen molar-refractivity contribution in [2.45, 2.75) is 78.4 Å². The number of nitrogens with zero attached hydrogens (tertiary/aromatic N) is 2. The van der Waals surface area contributed by atoms with Crippen LogP contribution in [0.5, 0.6) is 0 Å². The van der Waals surface area contributed by atoms with Crippen LogP contribution in [-0.4, -0.2) is 51.5 Å². The minimum atomic E-state index is -0.130. The van der Waals surface area contributed by atoms with Gasteiger partial charge in [-0.15, -0.1) is 0 Å². The van der Waals surface area contributed by atoms with Crippen molar-refractivity contribution in [3.63, 3.8) is 0 Å². The highest BCUT2D eigenvalue weighted by Gasteiger charge is 2.50. The van der Waals surface area contributed by atoms with Crippen LogP contribution in [0.15, 0.2) is 0 Å². The maximum atomic E-state index is 10.4. The monoisotopic (exact) mass is 257 g/mol. The molecule has 0 saturated carbocycles. The smallest absolute Gasteiger partial charge is 0.0927 e. The molecule has 1 N–H and O–H groups in total. The van der Waals surface area contributed by atoms with Crippen molar-refractivity contribution in [1.29, 1.82) is 0 Å². The molecule has 1 saturated heterocycles. The minimum absolute atomic E-state index is 0.130. The van der Waals surface area contributed by atoms with E-state index in [1.54, 1.807) is 5.06 Å². The molecule has 0 atom stereocenters. The normalized spacial score (nSPS) is 25.3. The maximum absolute atomic E-state index is 10.4. The molecular formula is C15H33N2O+. The third kappa shape index (κ3) is 2.59. The highest BCUT2D eigenvalue weighted by Crippen LogP contribution is 2.40. The van der Waals surface area contributed by atoms with Crippen molar-refractivity contribution in [1.82, 2.24) is 5.06 Å². The van der Waals surface area contributed by atoms with Crippen LogP contribution in [0, 0.1) is 0 Å². The lowest BCUT2D eigenvalue weighted by atomic mass is 9.77. The fourth-order valence-electron chi connectivity index (χ4n) is 4.05. The molecule has 0 spiro atoms. The first kappa shape index (κ1) is 15.9. The summed E-state index contributed by atoms with van der Waals surface area (Å²) in [5.74, 6) is 0. The van der Waals surface area contributed by atoms with Crippen LogP contribution in [0.4, 0.5) is 0 Å². The molecule has 0 aromatic rings. The zero-order valence-corrected chi connectivity index (χ0v) is 13.5. The molecule has 1 aliphatic heterocycles. The van der Waals surface area contributed by atoms with E-state index in [1.165, 1.54) is 24.1 Å². The first-order valence-corrected chi connectivity index (χ1v) is 7.50. The number of rotatable bonds is 4. The molecule has 108 valence electrons. The minimum Gasteiger partial charge on any atom is -0.322 e. The number of hydroxylamine groups is 2. The highest BCUT2D eigenvalue weighted by atomic mass is 16.5. The van der Waals surface area contributed by atoms with E-state index in [9.17, 15) is 5.21 Å². The molecule has 1 rings (SSSR count). The predicted molar refractivity (Wildman–Crippen MR) is 76.7 cm³/mol. The van der Waals surface area contributed by atoms with Gasteiger partial charge in [0.25, 0.3) is 0 Å². The van der Waals surface area contributed by atoms with Crippen LogP contribution in [0.2, 0.25) is 0 Å². The zero-order chi connectivity index (χ0) is 14.2. The third-order valence-electron chi connectivity index (χ3n) is 5.28. The third-order valence-corrected chi connectivity index (χ3v) is 5.28. The van der Waals surface area contributed by atoms with Crippen molar-refractivity contribution in [2.24, 2.45) is 0 Å². The van der Waals surface area contributed by atoms with Crippen molar-refractivity contribution in [3.05, 3.63) is 0 Å². The van der Waals surface area contributed by atoms with E-state index in [1.807, 2.05) is 0 Å². The topological polar surface area (TPSA) is 23.5 Å². The Morgan fingerprint density at radius 3 is 1.56 bits per heavy atom. The molecule has 0 radical (unpaired) electrons. The van der Waals surface area contributed by atoms with Gasteiger partial charge in [-0.3, -0.25) is 0 Å². The SMILES string of the molecule is CC[N+](CC)(CC)C1CC(C)(C)N(O)C(C)(C)C1. The lowest BCUT2D eigenvalue weighted by Gasteiger charge is -2.56. The summed E-state index contributed by atoms with van der Waals surface area (Å²) in [5, 5.41) is 12.0. The van der Waals surface area contributed by atoms with Gasteiger partial charge in [-0.1, -0.05) is 0 Å². The van der Waals surface area contributed by atoms with E-state index < -0.39 is 0 Å². The van der Waals surface area contributed by atoms with Crippen LogP contribution in [0.3, 0.4) is 0 Å². The van der Waals surface area contributed by atoms with Crippen molar-refractivity contribution in [2.75, 3.05) is 19.6 Å². The van der Waals surface area contributed by atoms with E-state index >= 15 is 0 Å².